The Balaban J connectivity index is 2.05. The Morgan fingerprint density at radius 2 is 1.78 bits per heavy atom. The lowest BCUT2D eigenvalue weighted by atomic mass is 9.92. The zero-order valence-corrected chi connectivity index (χ0v) is 23.4. The number of thioether (sulfide) groups is 1. The molecule has 0 bridgehead atoms. The fourth-order valence-electron chi connectivity index (χ4n) is 3.06. The van der Waals surface area contributed by atoms with Crippen LogP contribution in [0.2, 0.25) is 5.02 Å². The van der Waals surface area contributed by atoms with Crippen molar-refractivity contribution in [3.8, 4) is 5.75 Å². The van der Waals surface area contributed by atoms with Gasteiger partial charge in [-0.25, -0.2) is 4.79 Å². The summed E-state index contributed by atoms with van der Waals surface area (Å²) in [5, 5.41) is -1.40. The molecule has 1 saturated heterocycles. The Morgan fingerprint density at radius 1 is 1.14 bits per heavy atom. The molecule has 0 saturated carbocycles. The molecule has 0 N–H and O–H groups in total. The van der Waals surface area contributed by atoms with Gasteiger partial charge in [-0.15, -0.1) is 0 Å². The SMILES string of the molecule is CC(=O)C[C@@H]1C(=O)N(C(=O)C(=O)OCOC(=O)C(C)(C)C)[C@@H]1SC(=O)COc1c(C)cc(Br)cc1Cl. The monoisotopic (exact) mass is 605 g/mol. The summed E-state index contributed by atoms with van der Waals surface area (Å²) >= 11 is 10.0. The van der Waals surface area contributed by atoms with Crippen molar-refractivity contribution in [3.63, 3.8) is 0 Å². The van der Waals surface area contributed by atoms with Crippen LogP contribution in [0.3, 0.4) is 0 Å². The van der Waals surface area contributed by atoms with Crippen LogP contribution in [0.1, 0.15) is 39.7 Å². The number of hydrogen-bond donors (Lipinski definition) is 0. The molecule has 0 spiro atoms. The number of ether oxygens (including phenoxy) is 3. The van der Waals surface area contributed by atoms with Gasteiger partial charge in [-0.05, 0) is 52.3 Å². The molecular formula is C23H25BrClNO9S. The molecule has 0 unspecified atom stereocenters. The maximum Gasteiger partial charge on any atom is 0.400 e. The molecule has 0 aromatic heterocycles. The number of imide groups is 1. The van der Waals surface area contributed by atoms with E-state index in [1.807, 2.05) is 0 Å². The average Bonchev–Trinajstić information content (AvgIpc) is 2.75. The zero-order valence-electron chi connectivity index (χ0n) is 20.2. The van der Waals surface area contributed by atoms with Crippen LogP contribution in [-0.4, -0.2) is 58.3 Å². The summed E-state index contributed by atoms with van der Waals surface area (Å²) < 4.78 is 15.7. The van der Waals surface area contributed by atoms with Gasteiger partial charge < -0.3 is 19.0 Å². The third-order valence-corrected chi connectivity index (χ3v) is 6.73. The first-order valence-corrected chi connectivity index (χ1v) is 12.7. The Bertz CT molecular complexity index is 1080. The molecule has 2 atom stereocenters. The molecule has 196 valence electrons. The maximum atomic E-state index is 12.6. The van der Waals surface area contributed by atoms with Crippen LogP contribution in [0, 0.1) is 18.3 Å². The fourth-order valence-corrected chi connectivity index (χ4v) is 5.16. The highest BCUT2D eigenvalue weighted by Gasteiger charge is 2.54. The van der Waals surface area contributed by atoms with E-state index in [1.165, 1.54) is 6.92 Å². The number of ketones is 1. The Hall–Kier alpha value is -2.44. The maximum absolute atomic E-state index is 12.6. The van der Waals surface area contributed by atoms with E-state index in [1.54, 1.807) is 39.8 Å². The van der Waals surface area contributed by atoms with E-state index in [4.69, 9.17) is 21.1 Å². The van der Waals surface area contributed by atoms with E-state index in [0.29, 0.717) is 28.0 Å². The van der Waals surface area contributed by atoms with Crippen LogP contribution in [0.25, 0.3) is 0 Å². The number of carbonyl (C=O) groups is 6. The van der Waals surface area contributed by atoms with Crippen LogP contribution < -0.4 is 4.74 Å². The summed E-state index contributed by atoms with van der Waals surface area (Å²) in [6.07, 6.45) is -0.218. The second-order valence-electron chi connectivity index (χ2n) is 8.96. The molecule has 1 aromatic rings. The minimum atomic E-state index is -1.45. The Kier molecular flexibility index (Phi) is 10.1. The molecule has 2 rings (SSSR count). The summed E-state index contributed by atoms with van der Waals surface area (Å²) in [6.45, 7) is 6.50. The van der Waals surface area contributed by atoms with Gasteiger partial charge >= 0.3 is 17.8 Å². The molecule has 0 aliphatic carbocycles. The smallest absolute Gasteiger partial charge is 0.400 e. The number of aryl methyl sites for hydroxylation is 1. The van der Waals surface area contributed by atoms with Crippen molar-refractivity contribution < 1.29 is 43.0 Å². The normalized spacial score (nSPS) is 17.2. The van der Waals surface area contributed by atoms with Crippen LogP contribution >= 0.6 is 39.3 Å². The molecule has 1 aliphatic rings. The summed E-state index contributed by atoms with van der Waals surface area (Å²) in [7, 11) is 0. The number of carbonyl (C=O) groups excluding carboxylic acids is 6. The zero-order chi connectivity index (χ0) is 27.4. The largest absolute Gasteiger partial charge is 0.483 e. The van der Waals surface area contributed by atoms with Crippen molar-refractivity contribution in [2.24, 2.45) is 11.3 Å². The number of nitrogens with zero attached hydrogens (tertiary/aromatic N) is 1. The number of β-lactam (4-membered cyclic amide) rings is 1. The van der Waals surface area contributed by atoms with Crippen LogP contribution in [0.15, 0.2) is 16.6 Å². The molecule has 1 fully saturated rings. The number of hydrogen-bond acceptors (Lipinski definition) is 10. The third-order valence-electron chi connectivity index (χ3n) is 4.83. The van der Waals surface area contributed by atoms with Crippen molar-refractivity contribution in [1.82, 2.24) is 4.90 Å². The molecular weight excluding hydrogens is 582 g/mol. The van der Waals surface area contributed by atoms with Gasteiger partial charge in [0.25, 0.3) is 0 Å². The van der Waals surface area contributed by atoms with Gasteiger partial charge in [-0.3, -0.25) is 24.1 Å². The van der Waals surface area contributed by atoms with Crippen molar-refractivity contribution in [1.29, 1.82) is 0 Å². The van der Waals surface area contributed by atoms with Gasteiger partial charge in [0.15, 0.2) is 6.61 Å². The van der Waals surface area contributed by atoms with Gasteiger partial charge in [0.1, 0.15) is 16.9 Å². The Morgan fingerprint density at radius 3 is 2.33 bits per heavy atom. The van der Waals surface area contributed by atoms with E-state index in [9.17, 15) is 28.8 Å². The van der Waals surface area contributed by atoms with Crippen molar-refractivity contribution >= 4 is 73.9 Å². The quantitative estimate of drug-likeness (QED) is 0.188. The third kappa shape index (κ3) is 7.53. The minimum absolute atomic E-state index is 0.218. The predicted molar refractivity (Wildman–Crippen MR) is 133 cm³/mol. The average molecular weight is 607 g/mol. The molecule has 0 radical (unpaired) electrons. The lowest BCUT2D eigenvalue weighted by Crippen LogP contribution is -2.64. The lowest BCUT2D eigenvalue weighted by Gasteiger charge is -2.43. The number of likely N-dealkylation sites (tertiary alicyclic amines) is 1. The second-order valence-corrected chi connectivity index (χ2v) is 11.5. The van der Waals surface area contributed by atoms with Gasteiger partial charge in [0, 0.05) is 10.9 Å². The first-order chi connectivity index (χ1) is 16.6. The van der Waals surface area contributed by atoms with Crippen LogP contribution in [0.4, 0.5) is 0 Å². The lowest BCUT2D eigenvalue weighted by molar-refractivity contribution is -0.182. The minimum Gasteiger partial charge on any atom is -0.483 e. The van der Waals surface area contributed by atoms with Crippen molar-refractivity contribution in [2.45, 2.75) is 46.4 Å². The van der Waals surface area contributed by atoms with E-state index in [0.717, 1.165) is 4.47 Å². The number of amides is 2. The second kappa shape index (κ2) is 12.2. The standard InChI is InChI=1S/C23H25BrClNO9S/c1-11-6-13(24)8-15(25)17(11)33-9-16(28)36-20-14(7-12(2)27)18(29)26(20)19(30)21(31)34-10-35-22(32)23(3,4)5/h6,8,14,20H,7,9-10H2,1-5H3/t14-,20-/m1/s1. The van der Waals surface area contributed by atoms with Crippen molar-refractivity contribution in [3.05, 3.63) is 27.2 Å². The van der Waals surface area contributed by atoms with Gasteiger partial charge in [0.2, 0.25) is 17.8 Å². The highest BCUT2D eigenvalue weighted by Crippen LogP contribution is 2.39. The molecule has 13 heteroatoms. The van der Waals surface area contributed by atoms with Crippen LogP contribution in [0.5, 0.6) is 5.75 Å². The fraction of sp³-hybridized carbons (Fsp3) is 0.478. The highest BCUT2D eigenvalue weighted by molar-refractivity contribution is 9.10. The summed E-state index contributed by atoms with van der Waals surface area (Å²) in [5.74, 6) is -5.27. The molecule has 1 aliphatic heterocycles. The number of esters is 2. The highest BCUT2D eigenvalue weighted by atomic mass is 79.9. The van der Waals surface area contributed by atoms with Crippen molar-refractivity contribution in [2.75, 3.05) is 13.4 Å². The van der Waals surface area contributed by atoms with Gasteiger partial charge in [0.05, 0.1) is 16.4 Å². The number of rotatable bonds is 8. The summed E-state index contributed by atoms with van der Waals surface area (Å²) in [5.41, 5.74) is -0.181. The number of halogens is 2. The molecule has 36 heavy (non-hydrogen) atoms. The van der Waals surface area contributed by atoms with E-state index < -0.39 is 59.0 Å². The van der Waals surface area contributed by atoms with E-state index in [-0.39, 0.29) is 17.2 Å². The van der Waals surface area contributed by atoms with E-state index in [2.05, 4.69) is 20.7 Å². The summed E-state index contributed by atoms with van der Waals surface area (Å²) in [6, 6.07) is 3.34. The van der Waals surface area contributed by atoms with Crippen LogP contribution in [-0.2, 0) is 38.2 Å². The van der Waals surface area contributed by atoms with Gasteiger partial charge in [-0.1, -0.05) is 39.3 Å². The first-order valence-electron chi connectivity index (χ1n) is 10.6. The molecule has 1 heterocycles. The number of benzene rings is 1. The van der Waals surface area contributed by atoms with E-state index >= 15 is 0 Å². The molecule has 2 amide bonds. The predicted octanol–water partition coefficient (Wildman–Crippen LogP) is 3.43. The molecule has 10 nitrogen and oxygen atoms in total. The van der Waals surface area contributed by atoms with Gasteiger partial charge in [-0.2, -0.15) is 0 Å². The summed E-state index contributed by atoms with van der Waals surface area (Å²) in [4.78, 5) is 73.8. The molecule has 1 aromatic carbocycles. The topological polar surface area (TPSA) is 133 Å². The first kappa shape index (κ1) is 29.8. The Labute approximate surface area is 225 Å². The number of Topliss-reactive ketones (excluding diaryl/α,β-unsaturated/α-hetero) is 1.